The standard InChI is InChI=1S/C22H22N4O2S/c1-14(2)15-8-10-16(11-9-15)21-24-19(28-25-21)12-13-20(27)26(3)22-23-17-6-4-5-7-18(17)29-22/h4-11,14H,12-13H2,1-3H3. The summed E-state index contributed by atoms with van der Waals surface area (Å²) in [4.78, 5) is 23.1. The van der Waals surface area contributed by atoms with Crippen molar-refractivity contribution in [2.24, 2.45) is 0 Å². The number of benzene rings is 2. The first-order valence-electron chi connectivity index (χ1n) is 9.56. The Hall–Kier alpha value is -3.06. The maximum Gasteiger partial charge on any atom is 0.229 e. The predicted octanol–water partition coefficient (Wildman–Crippen LogP) is 5.07. The Morgan fingerprint density at radius 2 is 1.86 bits per heavy atom. The Kier molecular flexibility index (Phi) is 5.40. The van der Waals surface area contributed by atoms with Gasteiger partial charge in [0.1, 0.15) is 0 Å². The number of hydrogen-bond acceptors (Lipinski definition) is 6. The number of fused-ring (bicyclic) bond motifs is 1. The molecule has 2 heterocycles. The van der Waals surface area contributed by atoms with Crippen LogP contribution in [0, 0.1) is 0 Å². The Morgan fingerprint density at radius 3 is 2.59 bits per heavy atom. The number of amides is 1. The van der Waals surface area contributed by atoms with Crippen molar-refractivity contribution in [1.82, 2.24) is 15.1 Å². The number of thiazole rings is 1. The molecule has 4 aromatic rings. The summed E-state index contributed by atoms with van der Waals surface area (Å²) in [5.74, 6) is 1.44. The SMILES string of the molecule is CC(C)c1ccc(-c2noc(CCC(=O)N(C)c3nc4ccccc4s3)n2)cc1. The molecule has 29 heavy (non-hydrogen) atoms. The van der Waals surface area contributed by atoms with E-state index in [1.54, 1.807) is 11.9 Å². The molecule has 0 radical (unpaired) electrons. The van der Waals surface area contributed by atoms with Crippen LogP contribution in [0.25, 0.3) is 21.6 Å². The van der Waals surface area contributed by atoms with Crippen LogP contribution < -0.4 is 4.90 Å². The van der Waals surface area contributed by atoms with E-state index in [1.165, 1.54) is 16.9 Å². The van der Waals surface area contributed by atoms with Crippen molar-refractivity contribution in [2.45, 2.75) is 32.6 Å². The quantitative estimate of drug-likeness (QED) is 0.447. The molecule has 6 nitrogen and oxygen atoms in total. The van der Waals surface area contributed by atoms with Crippen molar-refractivity contribution in [3.8, 4) is 11.4 Å². The first kappa shape index (κ1) is 19.3. The zero-order valence-electron chi connectivity index (χ0n) is 16.6. The van der Waals surface area contributed by atoms with Gasteiger partial charge in [0, 0.05) is 25.5 Å². The van der Waals surface area contributed by atoms with Crippen LogP contribution in [0.3, 0.4) is 0 Å². The van der Waals surface area contributed by atoms with E-state index in [4.69, 9.17) is 4.52 Å². The molecule has 0 N–H and O–H groups in total. The molecule has 0 aliphatic rings. The number of aryl methyl sites for hydroxylation is 1. The average Bonchev–Trinajstić information content (AvgIpc) is 3.38. The van der Waals surface area contributed by atoms with Gasteiger partial charge in [-0.05, 0) is 23.6 Å². The normalized spacial score (nSPS) is 11.3. The molecule has 0 unspecified atom stereocenters. The van der Waals surface area contributed by atoms with E-state index in [0.717, 1.165) is 15.8 Å². The molecule has 2 aromatic heterocycles. The highest BCUT2D eigenvalue weighted by Gasteiger charge is 2.17. The van der Waals surface area contributed by atoms with Crippen LogP contribution in [0.1, 0.15) is 37.6 Å². The summed E-state index contributed by atoms with van der Waals surface area (Å²) < 4.78 is 6.40. The maximum atomic E-state index is 12.6. The van der Waals surface area contributed by atoms with Crippen molar-refractivity contribution in [1.29, 1.82) is 0 Å². The van der Waals surface area contributed by atoms with Crippen molar-refractivity contribution >= 4 is 32.6 Å². The summed E-state index contributed by atoms with van der Waals surface area (Å²) in [6.07, 6.45) is 0.672. The van der Waals surface area contributed by atoms with Gasteiger partial charge < -0.3 is 4.52 Å². The fraction of sp³-hybridized carbons (Fsp3) is 0.273. The summed E-state index contributed by atoms with van der Waals surface area (Å²) in [6, 6.07) is 16.0. The van der Waals surface area contributed by atoms with Gasteiger partial charge in [0.05, 0.1) is 10.2 Å². The molecule has 4 rings (SSSR count). The highest BCUT2D eigenvalue weighted by Crippen LogP contribution is 2.28. The number of aromatic nitrogens is 3. The topological polar surface area (TPSA) is 72.1 Å². The number of anilines is 1. The van der Waals surface area contributed by atoms with E-state index in [1.807, 2.05) is 36.4 Å². The molecule has 0 fully saturated rings. The van der Waals surface area contributed by atoms with Crippen LogP contribution in [0.5, 0.6) is 0 Å². The molecule has 0 saturated carbocycles. The molecule has 0 aliphatic heterocycles. The predicted molar refractivity (Wildman–Crippen MR) is 115 cm³/mol. The fourth-order valence-electron chi connectivity index (χ4n) is 2.98. The van der Waals surface area contributed by atoms with E-state index < -0.39 is 0 Å². The third-order valence-electron chi connectivity index (χ3n) is 4.80. The molecule has 0 bridgehead atoms. The van der Waals surface area contributed by atoms with E-state index in [9.17, 15) is 4.79 Å². The fourth-order valence-corrected chi connectivity index (χ4v) is 3.93. The van der Waals surface area contributed by atoms with Crippen LogP contribution in [0.15, 0.2) is 53.1 Å². The third kappa shape index (κ3) is 4.19. The van der Waals surface area contributed by atoms with E-state index in [-0.39, 0.29) is 12.3 Å². The van der Waals surface area contributed by atoms with Gasteiger partial charge in [0.25, 0.3) is 0 Å². The lowest BCUT2D eigenvalue weighted by Gasteiger charge is -2.12. The monoisotopic (exact) mass is 406 g/mol. The van der Waals surface area contributed by atoms with Gasteiger partial charge in [-0.3, -0.25) is 9.69 Å². The van der Waals surface area contributed by atoms with Crippen LogP contribution in [0.2, 0.25) is 0 Å². The molecular weight excluding hydrogens is 384 g/mol. The van der Waals surface area contributed by atoms with Crippen LogP contribution in [0.4, 0.5) is 5.13 Å². The van der Waals surface area contributed by atoms with Crippen LogP contribution in [-0.2, 0) is 11.2 Å². The number of rotatable bonds is 6. The summed E-state index contributed by atoms with van der Waals surface area (Å²) in [5, 5.41) is 4.74. The number of carbonyl (C=O) groups excluding carboxylic acids is 1. The zero-order valence-corrected chi connectivity index (χ0v) is 17.4. The van der Waals surface area contributed by atoms with Crippen molar-refractivity contribution in [2.75, 3.05) is 11.9 Å². The second kappa shape index (κ2) is 8.13. The second-order valence-electron chi connectivity index (χ2n) is 7.21. The lowest BCUT2D eigenvalue weighted by atomic mass is 10.0. The van der Waals surface area contributed by atoms with Gasteiger partial charge in [0.15, 0.2) is 5.13 Å². The number of nitrogens with zero attached hydrogens (tertiary/aromatic N) is 4. The van der Waals surface area contributed by atoms with Crippen LogP contribution >= 0.6 is 11.3 Å². The molecule has 0 saturated heterocycles. The van der Waals surface area contributed by atoms with Gasteiger partial charge in [-0.15, -0.1) is 0 Å². The molecule has 2 aromatic carbocycles. The van der Waals surface area contributed by atoms with Crippen molar-refractivity contribution in [3.63, 3.8) is 0 Å². The number of carbonyl (C=O) groups is 1. The maximum absolute atomic E-state index is 12.6. The molecule has 1 amide bonds. The van der Waals surface area contributed by atoms with E-state index in [0.29, 0.717) is 29.2 Å². The Balaban J connectivity index is 1.39. The van der Waals surface area contributed by atoms with Gasteiger partial charge in [-0.2, -0.15) is 4.98 Å². The minimum atomic E-state index is -0.0370. The molecule has 0 atom stereocenters. The molecule has 7 heteroatoms. The van der Waals surface area contributed by atoms with E-state index >= 15 is 0 Å². The lowest BCUT2D eigenvalue weighted by molar-refractivity contribution is -0.118. The summed E-state index contributed by atoms with van der Waals surface area (Å²) >= 11 is 1.50. The smallest absolute Gasteiger partial charge is 0.229 e. The summed E-state index contributed by atoms with van der Waals surface area (Å²) in [7, 11) is 1.75. The zero-order chi connectivity index (χ0) is 20.4. The Labute approximate surface area is 173 Å². The van der Waals surface area contributed by atoms with Gasteiger partial charge >= 0.3 is 0 Å². The second-order valence-corrected chi connectivity index (χ2v) is 8.21. The summed E-state index contributed by atoms with van der Waals surface area (Å²) in [5.41, 5.74) is 3.07. The Morgan fingerprint density at radius 1 is 1.10 bits per heavy atom. The molecule has 0 spiro atoms. The highest BCUT2D eigenvalue weighted by molar-refractivity contribution is 7.22. The van der Waals surface area contributed by atoms with Crippen LogP contribution in [-0.4, -0.2) is 28.1 Å². The van der Waals surface area contributed by atoms with Gasteiger partial charge in [-0.1, -0.05) is 66.7 Å². The minimum absolute atomic E-state index is 0.0370. The lowest BCUT2D eigenvalue weighted by Crippen LogP contribution is -2.26. The first-order valence-corrected chi connectivity index (χ1v) is 10.4. The molecule has 148 valence electrons. The van der Waals surface area contributed by atoms with Crippen molar-refractivity contribution < 1.29 is 9.32 Å². The highest BCUT2D eigenvalue weighted by atomic mass is 32.1. The van der Waals surface area contributed by atoms with Gasteiger partial charge in [-0.25, -0.2) is 4.98 Å². The summed E-state index contributed by atoms with van der Waals surface area (Å²) in [6.45, 7) is 4.31. The molecular formula is C22H22N4O2S. The number of hydrogen-bond donors (Lipinski definition) is 0. The van der Waals surface area contributed by atoms with Gasteiger partial charge in [0.2, 0.25) is 17.6 Å². The minimum Gasteiger partial charge on any atom is -0.339 e. The first-order chi connectivity index (χ1) is 14.0. The average molecular weight is 407 g/mol. The largest absolute Gasteiger partial charge is 0.339 e. The molecule has 0 aliphatic carbocycles. The van der Waals surface area contributed by atoms with E-state index in [2.05, 4.69) is 41.1 Å². The third-order valence-corrected chi connectivity index (χ3v) is 5.91. The Bertz CT molecular complexity index is 1100. The van der Waals surface area contributed by atoms with Crippen molar-refractivity contribution in [3.05, 3.63) is 60.0 Å². The number of para-hydroxylation sites is 1.